The largest absolute Gasteiger partial charge is 0.493 e. The van der Waals surface area contributed by atoms with Gasteiger partial charge in [0.15, 0.2) is 11.5 Å². The summed E-state index contributed by atoms with van der Waals surface area (Å²) in [7, 11) is 1.55. The van der Waals surface area contributed by atoms with E-state index >= 15 is 0 Å². The van der Waals surface area contributed by atoms with Gasteiger partial charge in [0.1, 0.15) is 13.2 Å². The van der Waals surface area contributed by atoms with E-state index < -0.39 is 6.10 Å². The van der Waals surface area contributed by atoms with Crippen LogP contribution >= 0.6 is 0 Å². The van der Waals surface area contributed by atoms with E-state index in [-0.39, 0.29) is 11.8 Å². The fraction of sp³-hybridized carbons (Fsp3) is 0.562. The number of methoxy groups -OCH3 is 1. The van der Waals surface area contributed by atoms with Gasteiger partial charge in [-0.05, 0) is 25.1 Å². The average molecular weight is 322 g/mol. The van der Waals surface area contributed by atoms with Crippen LogP contribution in [0, 0.1) is 5.92 Å². The molecule has 0 bridgehead atoms. The van der Waals surface area contributed by atoms with Gasteiger partial charge in [0.05, 0.1) is 18.8 Å². The number of nitrogens with one attached hydrogen (secondary N) is 2. The predicted molar refractivity (Wildman–Crippen MR) is 83.3 cm³/mol. The first-order chi connectivity index (χ1) is 11.2. The molecular formula is C16H22N2O5. The van der Waals surface area contributed by atoms with Crippen molar-refractivity contribution in [3.05, 3.63) is 17.7 Å². The van der Waals surface area contributed by atoms with E-state index in [1.165, 1.54) is 0 Å². The van der Waals surface area contributed by atoms with Crippen molar-refractivity contribution in [2.75, 3.05) is 40.0 Å². The van der Waals surface area contributed by atoms with Gasteiger partial charge in [0.2, 0.25) is 5.75 Å². The predicted octanol–water partition coefficient (Wildman–Crippen LogP) is 0.167. The number of carbonyl (C=O) groups excluding carboxylic acids is 1. The SMILES string of the molecule is COc1ccc(C(=O)NC[C@@H]2CCNC[C@H]2O)c2c1OCCO2. The molecule has 0 spiro atoms. The molecule has 7 heteroatoms. The standard InChI is InChI=1S/C16H22N2O5/c1-21-13-3-2-11(14-15(13)23-7-6-22-14)16(20)18-8-10-4-5-17-9-12(10)19/h2-3,10,12,17,19H,4-9H2,1H3,(H,18,20)/t10-,12+/m0/s1. The molecule has 0 saturated carbocycles. The zero-order chi connectivity index (χ0) is 16.2. The lowest BCUT2D eigenvalue weighted by Gasteiger charge is -2.28. The number of hydrogen-bond donors (Lipinski definition) is 3. The Hall–Kier alpha value is -1.99. The third kappa shape index (κ3) is 3.35. The molecule has 3 N–H and O–H groups in total. The number of ether oxygens (including phenoxy) is 3. The van der Waals surface area contributed by atoms with Gasteiger partial charge in [0, 0.05) is 19.0 Å². The molecule has 2 aliphatic heterocycles. The van der Waals surface area contributed by atoms with Crippen molar-refractivity contribution in [3.8, 4) is 17.2 Å². The normalized spacial score (nSPS) is 23.2. The number of aliphatic hydroxyl groups excluding tert-OH is 1. The van der Waals surface area contributed by atoms with Crippen molar-refractivity contribution in [2.24, 2.45) is 5.92 Å². The summed E-state index contributed by atoms with van der Waals surface area (Å²) in [6.45, 7) is 2.67. The summed E-state index contributed by atoms with van der Waals surface area (Å²) in [5.41, 5.74) is 0.420. The van der Waals surface area contributed by atoms with Gasteiger partial charge in [-0.3, -0.25) is 4.79 Å². The Labute approximate surface area is 134 Å². The maximum atomic E-state index is 12.5. The molecule has 2 atom stereocenters. The van der Waals surface area contributed by atoms with Crippen molar-refractivity contribution in [1.82, 2.24) is 10.6 Å². The molecule has 1 amide bonds. The Bertz CT molecular complexity index is 578. The van der Waals surface area contributed by atoms with E-state index in [0.717, 1.165) is 13.0 Å². The van der Waals surface area contributed by atoms with Gasteiger partial charge >= 0.3 is 0 Å². The van der Waals surface area contributed by atoms with E-state index in [2.05, 4.69) is 10.6 Å². The van der Waals surface area contributed by atoms with Crippen LogP contribution in [-0.4, -0.2) is 57.1 Å². The van der Waals surface area contributed by atoms with Crippen molar-refractivity contribution < 1.29 is 24.1 Å². The van der Waals surface area contributed by atoms with Gasteiger partial charge < -0.3 is 30.0 Å². The zero-order valence-electron chi connectivity index (χ0n) is 13.1. The van der Waals surface area contributed by atoms with E-state index in [4.69, 9.17) is 14.2 Å². The second-order valence-electron chi connectivity index (χ2n) is 5.70. The Balaban J connectivity index is 1.72. The van der Waals surface area contributed by atoms with Crippen LogP contribution in [0.15, 0.2) is 12.1 Å². The summed E-state index contributed by atoms with van der Waals surface area (Å²) < 4.78 is 16.4. The molecule has 0 radical (unpaired) electrons. The topological polar surface area (TPSA) is 89.1 Å². The number of piperidine rings is 1. The second kappa shape index (κ2) is 7.06. The van der Waals surface area contributed by atoms with Crippen LogP contribution < -0.4 is 24.8 Å². The molecule has 23 heavy (non-hydrogen) atoms. The number of carbonyl (C=O) groups is 1. The third-order valence-corrected chi connectivity index (χ3v) is 4.23. The first-order valence-corrected chi connectivity index (χ1v) is 7.84. The van der Waals surface area contributed by atoms with Crippen LogP contribution in [0.1, 0.15) is 16.8 Å². The fourth-order valence-electron chi connectivity index (χ4n) is 2.91. The number of aliphatic hydroxyl groups is 1. The quantitative estimate of drug-likeness (QED) is 0.732. The first-order valence-electron chi connectivity index (χ1n) is 7.84. The molecule has 1 fully saturated rings. The molecule has 1 aromatic rings. The fourth-order valence-corrected chi connectivity index (χ4v) is 2.91. The Kier molecular flexibility index (Phi) is 4.88. The van der Waals surface area contributed by atoms with E-state index in [0.29, 0.717) is 49.1 Å². The minimum atomic E-state index is -0.437. The second-order valence-corrected chi connectivity index (χ2v) is 5.70. The van der Waals surface area contributed by atoms with Crippen LogP contribution in [0.5, 0.6) is 17.2 Å². The van der Waals surface area contributed by atoms with E-state index in [9.17, 15) is 9.90 Å². The number of hydrogen-bond acceptors (Lipinski definition) is 6. The zero-order valence-corrected chi connectivity index (χ0v) is 13.1. The van der Waals surface area contributed by atoms with Crippen molar-refractivity contribution in [2.45, 2.75) is 12.5 Å². The molecule has 0 aliphatic carbocycles. The molecule has 3 rings (SSSR count). The van der Waals surface area contributed by atoms with Gasteiger partial charge in [-0.25, -0.2) is 0 Å². The lowest BCUT2D eigenvalue weighted by molar-refractivity contribution is 0.0749. The first kappa shape index (κ1) is 15.9. The highest BCUT2D eigenvalue weighted by Gasteiger charge is 2.27. The smallest absolute Gasteiger partial charge is 0.255 e. The number of amides is 1. The van der Waals surface area contributed by atoms with Crippen LogP contribution in [0.4, 0.5) is 0 Å². The monoisotopic (exact) mass is 322 g/mol. The molecule has 1 saturated heterocycles. The minimum Gasteiger partial charge on any atom is -0.493 e. The molecule has 2 heterocycles. The van der Waals surface area contributed by atoms with Gasteiger partial charge in [-0.1, -0.05) is 0 Å². The summed E-state index contributed by atoms with van der Waals surface area (Å²) in [5, 5.41) is 15.9. The van der Waals surface area contributed by atoms with Crippen molar-refractivity contribution in [3.63, 3.8) is 0 Å². The van der Waals surface area contributed by atoms with Gasteiger partial charge in [0.25, 0.3) is 5.91 Å². The average Bonchev–Trinajstić information content (AvgIpc) is 2.59. The van der Waals surface area contributed by atoms with E-state index in [1.807, 2.05) is 0 Å². The van der Waals surface area contributed by atoms with Crippen LogP contribution in [0.2, 0.25) is 0 Å². The highest BCUT2D eigenvalue weighted by atomic mass is 16.6. The Morgan fingerprint density at radius 1 is 1.39 bits per heavy atom. The third-order valence-electron chi connectivity index (χ3n) is 4.23. The molecule has 1 aromatic carbocycles. The van der Waals surface area contributed by atoms with Crippen molar-refractivity contribution >= 4 is 5.91 Å². The molecule has 2 aliphatic rings. The number of benzene rings is 1. The lowest BCUT2D eigenvalue weighted by atomic mass is 9.95. The van der Waals surface area contributed by atoms with Crippen LogP contribution in [-0.2, 0) is 0 Å². The highest BCUT2D eigenvalue weighted by molar-refractivity contribution is 5.98. The van der Waals surface area contributed by atoms with Gasteiger partial charge in [-0.15, -0.1) is 0 Å². The number of β-amino-alcohol motifs (C(OH)–C–C–N with tert-alkyl or cyclic N) is 1. The molecular weight excluding hydrogens is 300 g/mol. The Morgan fingerprint density at radius 3 is 2.91 bits per heavy atom. The number of rotatable bonds is 4. The molecule has 126 valence electrons. The highest BCUT2D eigenvalue weighted by Crippen LogP contribution is 2.41. The van der Waals surface area contributed by atoms with Gasteiger partial charge in [-0.2, -0.15) is 0 Å². The summed E-state index contributed by atoms with van der Waals surface area (Å²) in [6, 6.07) is 3.36. The molecule has 0 unspecified atom stereocenters. The number of fused-ring (bicyclic) bond motifs is 1. The summed E-state index contributed by atoms with van der Waals surface area (Å²) in [6.07, 6.45) is 0.398. The summed E-state index contributed by atoms with van der Waals surface area (Å²) in [4.78, 5) is 12.5. The molecule has 7 nitrogen and oxygen atoms in total. The Morgan fingerprint density at radius 2 is 2.17 bits per heavy atom. The van der Waals surface area contributed by atoms with E-state index in [1.54, 1.807) is 19.2 Å². The minimum absolute atomic E-state index is 0.0615. The summed E-state index contributed by atoms with van der Waals surface area (Å²) in [5.74, 6) is 1.25. The maximum absolute atomic E-state index is 12.5. The molecule has 0 aromatic heterocycles. The lowest BCUT2D eigenvalue weighted by Crippen LogP contribution is -2.45. The van der Waals surface area contributed by atoms with Crippen molar-refractivity contribution in [1.29, 1.82) is 0 Å². The van der Waals surface area contributed by atoms with Crippen LogP contribution in [0.3, 0.4) is 0 Å². The maximum Gasteiger partial charge on any atom is 0.255 e. The summed E-state index contributed by atoms with van der Waals surface area (Å²) >= 11 is 0. The van der Waals surface area contributed by atoms with Crippen LogP contribution in [0.25, 0.3) is 0 Å².